The molecule has 26 heavy (non-hydrogen) atoms. The summed E-state index contributed by atoms with van der Waals surface area (Å²) in [7, 11) is 0. The van der Waals surface area contributed by atoms with Gasteiger partial charge in [0.05, 0.1) is 12.0 Å². The van der Waals surface area contributed by atoms with Crippen LogP contribution in [0.15, 0.2) is 76.5 Å². The molecule has 0 aliphatic rings. The zero-order chi connectivity index (χ0) is 17.9. The number of benzene rings is 2. The van der Waals surface area contributed by atoms with Crippen molar-refractivity contribution in [2.24, 2.45) is 0 Å². The van der Waals surface area contributed by atoms with Crippen LogP contribution in [0.2, 0.25) is 0 Å². The summed E-state index contributed by atoms with van der Waals surface area (Å²) in [6.07, 6.45) is 1.66. The number of hydrogen-bond acceptors (Lipinski definition) is 4. The molecule has 0 aliphatic heterocycles. The lowest BCUT2D eigenvalue weighted by Crippen LogP contribution is -2.01. The quantitative estimate of drug-likeness (QED) is 0.444. The van der Waals surface area contributed by atoms with Gasteiger partial charge in [-0.2, -0.15) is 0 Å². The summed E-state index contributed by atoms with van der Waals surface area (Å²) < 4.78 is 7.66. The van der Waals surface area contributed by atoms with Gasteiger partial charge in [-0.25, -0.2) is 0 Å². The van der Waals surface area contributed by atoms with Crippen molar-refractivity contribution in [3.8, 4) is 17.3 Å². The maximum Gasteiger partial charge on any atom is 0.205 e. The van der Waals surface area contributed by atoms with Crippen molar-refractivity contribution < 1.29 is 4.42 Å². The van der Waals surface area contributed by atoms with E-state index in [-0.39, 0.29) is 0 Å². The second-order valence-corrected chi connectivity index (χ2v) is 7.13. The third-order valence-corrected chi connectivity index (χ3v) is 5.18. The third-order valence-electron chi connectivity index (χ3n) is 4.18. The van der Waals surface area contributed by atoms with E-state index in [4.69, 9.17) is 4.42 Å². The molecule has 0 aliphatic carbocycles. The molecule has 4 nitrogen and oxygen atoms in total. The predicted octanol–water partition coefficient (Wildman–Crippen LogP) is 5.44. The van der Waals surface area contributed by atoms with Crippen LogP contribution in [0.1, 0.15) is 16.7 Å². The van der Waals surface area contributed by atoms with Crippen LogP contribution in [0.5, 0.6) is 0 Å². The van der Waals surface area contributed by atoms with Gasteiger partial charge in [0.1, 0.15) is 0 Å². The summed E-state index contributed by atoms with van der Waals surface area (Å²) >= 11 is 1.68. The molecule has 2 aromatic carbocycles. The summed E-state index contributed by atoms with van der Waals surface area (Å²) in [6.45, 7) is 4.20. The Morgan fingerprint density at radius 2 is 1.85 bits per heavy atom. The van der Waals surface area contributed by atoms with Crippen LogP contribution in [-0.2, 0) is 5.75 Å². The number of hydrogen-bond donors (Lipinski definition) is 0. The van der Waals surface area contributed by atoms with Crippen LogP contribution in [0, 0.1) is 13.8 Å². The number of nitrogens with zero attached hydrogens (tertiary/aromatic N) is 3. The number of thioether (sulfide) groups is 1. The van der Waals surface area contributed by atoms with Crippen molar-refractivity contribution in [3.05, 3.63) is 83.6 Å². The Bertz CT molecular complexity index is 1020. The van der Waals surface area contributed by atoms with Crippen LogP contribution < -0.4 is 0 Å². The topological polar surface area (TPSA) is 43.9 Å². The molecule has 0 N–H and O–H groups in total. The van der Waals surface area contributed by atoms with Crippen molar-refractivity contribution in [2.45, 2.75) is 24.8 Å². The third kappa shape index (κ3) is 3.30. The fourth-order valence-electron chi connectivity index (χ4n) is 2.91. The molecule has 0 amide bonds. The minimum Gasteiger partial charge on any atom is -0.461 e. The summed E-state index contributed by atoms with van der Waals surface area (Å²) in [5.41, 5.74) is 4.77. The molecule has 0 spiro atoms. The molecule has 4 aromatic rings. The molecule has 0 saturated carbocycles. The van der Waals surface area contributed by atoms with E-state index in [0.29, 0.717) is 5.76 Å². The minimum absolute atomic E-state index is 0.711. The van der Waals surface area contributed by atoms with Crippen molar-refractivity contribution in [3.63, 3.8) is 0 Å². The maximum absolute atomic E-state index is 5.58. The summed E-state index contributed by atoms with van der Waals surface area (Å²) in [6, 6.07) is 20.6. The Hall–Kier alpha value is -2.79. The first-order chi connectivity index (χ1) is 12.7. The zero-order valence-electron chi connectivity index (χ0n) is 14.7. The van der Waals surface area contributed by atoms with E-state index in [1.54, 1.807) is 18.0 Å². The Morgan fingerprint density at radius 1 is 0.962 bits per heavy atom. The average molecular weight is 361 g/mol. The van der Waals surface area contributed by atoms with Crippen LogP contribution in [0.4, 0.5) is 0 Å². The molecule has 5 heteroatoms. The standard InChI is InChI=1S/C21H19N3OS/c1-15-7-5-9-17(13-15)14-26-21-23-22-20(19-11-6-12-25-19)24(21)18-10-4-3-8-16(18)2/h3-13H,14H2,1-2H3. The zero-order valence-corrected chi connectivity index (χ0v) is 15.5. The van der Waals surface area contributed by atoms with Gasteiger partial charge >= 0.3 is 0 Å². The highest BCUT2D eigenvalue weighted by Crippen LogP contribution is 2.31. The van der Waals surface area contributed by atoms with Crippen molar-refractivity contribution >= 4 is 11.8 Å². The van der Waals surface area contributed by atoms with E-state index < -0.39 is 0 Å². The molecule has 0 unspecified atom stereocenters. The Labute approximate surface area is 156 Å². The lowest BCUT2D eigenvalue weighted by Gasteiger charge is -2.12. The summed E-state index contributed by atoms with van der Waals surface area (Å²) in [5, 5.41) is 9.70. The SMILES string of the molecule is Cc1cccc(CSc2nnc(-c3ccco3)n2-c2ccccc2C)c1. The molecular formula is C21H19N3OS. The normalized spacial score (nSPS) is 11.0. The smallest absolute Gasteiger partial charge is 0.205 e. The first-order valence-corrected chi connectivity index (χ1v) is 9.44. The predicted molar refractivity (Wildman–Crippen MR) is 105 cm³/mol. The Balaban J connectivity index is 1.74. The lowest BCUT2D eigenvalue weighted by atomic mass is 10.2. The van der Waals surface area contributed by atoms with Gasteiger partial charge in [0.15, 0.2) is 10.9 Å². The van der Waals surface area contributed by atoms with Gasteiger partial charge in [-0.05, 0) is 43.2 Å². The molecule has 0 bridgehead atoms. The molecule has 0 atom stereocenters. The fourth-order valence-corrected chi connectivity index (χ4v) is 3.80. The summed E-state index contributed by atoms with van der Waals surface area (Å²) in [5.74, 6) is 2.27. The largest absolute Gasteiger partial charge is 0.461 e. The Morgan fingerprint density at radius 3 is 2.62 bits per heavy atom. The van der Waals surface area contributed by atoms with Gasteiger partial charge in [0, 0.05) is 5.75 Å². The van der Waals surface area contributed by atoms with Gasteiger partial charge < -0.3 is 4.42 Å². The fraction of sp³-hybridized carbons (Fsp3) is 0.143. The second-order valence-electron chi connectivity index (χ2n) is 6.18. The second kappa shape index (κ2) is 7.22. The molecule has 0 saturated heterocycles. The van der Waals surface area contributed by atoms with Gasteiger partial charge in [-0.1, -0.05) is 59.8 Å². The number of furan rings is 1. The van der Waals surface area contributed by atoms with Crippen LogP contribution in [0.25, 0.3) is 17.3 Å². The lowest BCUT2D eigenvalue weighted by molar-refractivity contribution is 0.575. The van der Waals surface area contributed by atoms with Gasteiger partial charge in [0.2, 0.25) is 5.82 Å². The van der Waals surface area contributed by atoms with Crippen LogP contribution >= 0.6 is 11.8 Å². The maximum atomic E-state index is 5.58. The van der Waals surface area contributed by atoms with E-state index in [2.05, 4.69) is 65.0 Å². The number of aryl methyl sites for hydroxylation is 2. The molecule has 130 valence electrons. The van der Waals surface area contributed by atoms with E-state index >= 15 is 0 Å². The van der Waals surface area contributed by atoms with E-state index in [0.717, 1.165) is 28.0 Å². The van der Waals surface area contributed by atoms with E-state index in [1.165, 1.54) is 11.1 Å². The summed E-state index contributed by atoms with van der Waals surface area (Å²) in [4.78, 5) is 0. The van der Waals surface area contributed by atoms with E-state index in [9.17, 15) is 0 Å². The molecule has 0 radical (unpaired) electrons. The highest BCUT2D eigenvalue weighted by atomic mass is 32.2. The number of aromatic nitrogens is 3. The number of rotatable bonds is 5. The van der Waals surface area contributed by atoms with Crippen molar-refractivity contribution in [1.29, 1.82) is 0 Å². The van der Waals surface area contributed by atoms with Crippen molar-refractivity contribution in [2.75, 3.05) is 0 Å². The first kappa shape index (κ1) is 16.7. The highest BCUT2D eigenvalue weighted by molar-refractivity contribution is 7.98. The van der Waals surface area contributed by atoms with Crippen LogP contribution in [0.3, 0.4) is 0 Å². The minimum atomic E-state index is 0.711. The Kier molecular flexibility index (Phi) is 4.63. The molecule has 4 rings (SSSR count). The average Bonchev–Trinajstić information content (AvgIpc) is 3.30. The monoisotopic (exact) mass is 361 g/mol. The van der Waals surface area contributed by atoms with Gasteiger partial charge in [-0.15, -0.1) is 10.2 Å². The molecule has 0 fully saturated rings. The highest BCUT2D eigenvalue weighted by Gasteiger charge is 2.19. The number of para-hydroxylation sites is 1. The van der Waals surface area contributed by atoms with E-state index in [1.807, 2.05) is 24.3 Å². The van der Waals surface area contributed by atoms with Crippen molar-refractivity contribution in [1.82, 2.24) is 14.8 Å². The first-order valence-electron chi connectivity index (χ1n) is 8.46. The molecule has 2 aromatic heterocycles. The van der Waals surface area contributed by atoms with Gasteiger partial charge in [0.25, 0.3) is 0 Å². The molecule has 2 heterocycles. The van der Waals surface area contributed by atoms with Gasteiger partial charge in [-0.3, -0.25) is 4.57 Å². The van der Waals surface area contributed by atoms with Crippen LogP contribution in [-0.4, -0.2) is 14.8 Å². The molecular weight excluding hydrogens is 342 g/mol.